The number of aliphatic hydroxyl groups excluding tert-OH is 1. The van der Waals surface area contributed by atoms with Crippen LogP contribution < -0.4 is 15.5 Å². The highest BCUT2D eigenvalue weighted by Gasteiger charge is 2.26. The van der Waals surface area contributed by atoms with Crippen LogP contribution in [0.15, 0.2) is 23.1 Å². The normalized spacial score (nSPS) is 20.8. The van der Waals surface area contributed by atoms with Crippen LogP contribution in [0.3, 0.4) is 0 Å². The zero-order chi connectivity index (χ0) is 17.1. The smallest absolute Gasteiger partial charge is 0.257 e. The van der Waals surface area contributed by atoms with Crippen molar-refractivity contribution in [2.45, 2.75) is 44.8 Å². The van der Waals surface area contributed by atoms with Gasteiger partial charge in [-0.2, -0.15) is 0 Å². The minimum absolute atomic E-state index is 0.0126. The number of hydrogen-bond acceptors (Lipinski definition) is 5. The Bertz CT molecular complexity index is 802. The number of pyridine rings is 2. The SMILES string of the molecule is CCOc1ccc2[nH]cc(C(=O)NC3CCCCC3O)c(=O)c2n1. The molecule has 2 aromatic rings. The fraction of sp³-hybridized carbons (Fsp3) is 0.471. The lowest BCUT2D eigenvalue weighted by Crippen LogP contribution is -2.46. The summed E-state index contributed by atoms with van der Waals surface area (Å²) in [5.74, 6) is -0.150. The Kier molecular flexibility index (Phi) is 4.80. The second-order valence-electron chi connectivity index (χ2n) is 5.94. The van der Waals surface area contributed by atoms with Crippen LogP contribution in [0.5, 0.6) is 5.88 Å². The van der Waals surface area contributed by atoms with E-state index < -0.39 is 17.4 Å². The van der Waals surface area contributed by atoms with Crippen LogP contribution in [0.4, 0.5) is 0 Å². The molecule has 2 unspecified atom stereocenters. The number of carbonyl (C=O) groups excluding carboxylic acids is 1. The third kappa shape index (κ3) is 3.26. The largest absolute Gasteiger partial charge is 0.478 e. The van der Waals surface area contributed by atoms with Crippen LogP contribution in [-0.4, -0.2) is 39.7 Å². The number of fused-ring (bicyclic) bond motifs is 1. The van der Waals surface area contributed by atoms with Crippen LogP contribution in [0, 0.1) is 0 Å². The Morgan fingerprint density at radius 1 is 1.42 bits per heavy atom. The fourth-order valence-corrected chi connectivity index (χ4v) is 3.00. The van der Waals surface area contributed by atoms with Gasteiger partial charge in [0.05, 0.1) is 24.3 Å². The van der Waals surface area contributed by atoms with E-state index >= 15 is 0 Å². The summed E-state index contributed by atoms with van der Waals surface area (Å²) in [7, 11) is 0. The van der Waals surface area contributed by atoms with E-state index in [1.54, 1.807) is 12.1 Å². The van der Waals surface area contributed by atoms with Crippen LogP contribution in [0.2, 0.25) is 0 Å². The van der Waals surface area contributed by atoms with E-state index in [0.29, 0.717) is 30.8 Å². The summed E-state index contributed by atoms with van der Waals surface area (Å²) in [6.07, 6.45) is 4.11. The summed E-state index contributed by atoms with van der Waals surface area (Å²) < 4.78 is 5.31. The molecule has 1 aliphatic carbocycles. The van der Waals surface area contributed by atoms with Crippen molar-refractivity contribution in [1.29, 1.82) is 0 Å². The maximum Gasteiger partial charge on any atom is 0.257 e. The molecule has 0 aromatic carbocycles. The predicted molar refractivity (Wildman–Crippen MR) is 89.3 cm³/mol. The summed E-state index contributed by atoms with van der Waals surface area (Å²) in [4.78, 5) is 32.1. The minimum Gasteiger partial charge on any atom is -0.478 e. The number of amides is 1. The Morgan fingerprint density at radius 3 is 2.96 bits per heavy atom. The monoisotopic (exact) mass is 331 g/mol. The van der Waals surface area contributed by atoms with Crippen LogP contribution in [0.1, 0.15) is 43.0 Å². The molecule has 24 heavy (non-hydrogen) atoms. The topological polar surface area (TPSA) is 104 Å². The van der Waals surface area contributed by atoms with Crippen molar-refractivity contribution in [2.75, 3.05) is 6.61 Å². The lowest BCUT2D eigenvalue weighted by atomic mass is 9.92. The number of ether oxygens (including phenoxy) is 1. The van der Waals surface area contributed by atoms with Crippen molar-refractivity contribution in [3.05, 3.63) is 34.1 Å². The van der Waals surface area contributed by atoms with E-state index in [4.69, 9.17) is 4.74 Å². The van der Waals surface area contributed by atoms with Gasteiger partial charge < -0.3 is 20.1 Å². The number of aromatic nitrogens is 2. The van der Waals surface area contributed by atoms with Gasteiger partial charge in [0.2, 0.25) is 11.3 Å². The van der Waals surface area contributed by atoms with Gasteiger partial charge in [-0.25, -0.2) is 4.98 Å². The maximum absolute atomic E-state index is 12.6. The maximum atomic E-state index is 12.6. The predicted octanol–water partition coefficient (Wildman–Crippen LogP) is 1.36. The molecule has 0 aliphatic heterocycles. The first-order chi connectivity index (χ1) is 11.6. The van der Waals surface area contributed by atoms with Gasteiger partial charge in [-0.05, 0) is 25.8 Å². The molecule has 2 aromatic heterocycles. The molecule has 3 N–H and O–H groups in total. The number of aromatic amines is 1. The number of carbonyl (C=O) groups is 1. The third-order valence-corrected chi connectivity index (χ3v) is 4.28. The molecule has 1 amide bonds. The van der Waals surface area contributed by atoms with Gasteiger partial charge >= 0.3 is 0 Å². The van der Waals surface area contributed by atoms with Crippen molar-refractivity contribution in [2.24, 2.45) is 0 Å². The van der Waals surface area contributed by atoms with Gasteiger partial charge in [0.15, 0.2) is 0 Å². The van der Waals surface area contributed by atoms with E-state index in [0.717, 1.165) is 12.8 Å². The first-order valence-corrected chi connectivity index (χ1v) is 8.24. The summed E-state index contributed by atoms with van der Waals surface area (Å²) in [5, 5.41) is 12.7. The molecule has 0 spiro atoms. The number of aliphatic hydroxyl groups is 1. The minimum atomic E-state index is -0.565. The van der Waals surface area contributed by atoms with Gasteiger partial charge in [0, 0.05) is 12.3 Å². The van der Waals surface area contributed by atoms with E-state index in [1.807, 2.05) is 6.92 Å². The van der Waals surface area contributed by atoms with E-state index in [2.05, 4.69) is 15.3 Å². The van der Waals surface area contributed by atoms with E-state index in [9.17, 15) is 14.7 Å². The number of nitrogens with zero attached hydrogens (tertiary/aromatic N) is 1. The second kappa shape index (κ2) is 7.00. The zero-order valence-electron chi connectivity index (χ0n) is 13.5. The fourth-order valence-electron chi connectivity index (χ4n) is 3.00. The van der Waals surface area contributed by atoms with Gasteiger partial charge in [-0.15, -0.1) is 0 Å². The summed E-state index contributed by atoms with van der Waals surface area (Å²) in [6, 6.07) is 3.05. The molecule has 0 radical (unpaired) electrons. The number of nitrogens with one attached hydrogen (secondary N) is 2. The Morgan fingerprint density at radius 2 is 2.21 bits per heavy atom. The molecule has 128 valence electrons. The lowest BCUT2D eigenvalue weighted by molar-refractivity contribution is 0.0716. The number of H-pyrrole nitrogens is 1. The summed E-state index contributed by atoms with van der Waals surface area (Å²) in [6.45, 7) is 2.27. The van der Waals surface area contributed by atoms with Crippen molar-refractivity contribution in [3.8, 4) is 5.88 Å². The van der Waals surface area contributed by atoms with Crippen molar-refractivity contribution >= 4 is 16.9 Å². The highest BCUT2D eigenvalue weighted by molar-refractivity contribution is 5.96. The van der Waals surface area contributed by atoms with Gasteiger partial charge in [0.25, 0.3) is 5.91 Å². The average molecular weight is 331 g/mol. The first kappa shape index (κ1) is 16.4. The Balaban J connectivity index is 1.89. The van der Waals surface area contributed by atoms with Crippen molar-refractivity contribution in [1.82, 2.24) is 15.3 Å². The van der Waals surface area contributed by atoms with Gasteiger partial charge in [-0.1, -0.05) is 12.8 Å². The molecule has 0 saturated heterocycles. The molecule has 1 fully saturated rings. The standard InChI is InChI=1S/C17H21N3O4/c1-2-24-14-8-7-12-15(20-14)16(22)10(9-18-12)17(23)19-11-5-3-4-6-13(11)21/h7-9,11,13,21H,2-6H2,1H3,(H,18,22)(H,19,23). The molecule has 2 atom stereocenters. The van der Waals surface area contributed by atoms with Crippen LogP contribution >= 0.6 is 0 Å². The molecular formula is C17H21N3O4. The van der Waals surface area contributed by atoms with E-state index in [1.165, 1.54) is 6.20 Å². The Hall–Kier alpha value is -2.41. The van der Waals surface area contributed by atoms with Gasteiger partial charge in [-0.3, -0.25) is 9.59 Å². The van der Waals surface area contributed by atoms with Crippen molar-refractivity contribution < 1.29 is 14.6 Å². The van der Waals surface area contributed by atoms with Crippen molar-refractivity contribution in [3.63, 3.8) is 0 Å². The number of hydrogen-bond donors (Lipinski definition) is 3. The highest BCUT2D eigenvalue weighted by atomic mass is 16.5. The highest BCUT2D eigenvalue weighted by Crippen LogP contribution is 2.19. The molecule has 7 heteroatoms. The summed E-state index contributed by atoms with van der Waals surface area (Å²) >= 11 is 0. The molecule has 7 nitrogen and oxygen atoms in total. The molecular weight excluding hydrogens is 310 g/mol. The van der Waals surface area contributed by atoms with Gasteiger partial charge in [0.1, 0.15) is 11.1 Å². The van der Waals surface area contributed by atoms with Crippen LogP contribution in [0.25, 0.3) is 11.0 Å². The zero-order valence-corrected chi connectivity index (χ0v) is 13.5. The average Bonchev–Trinajstić information content (AvgIpc) is 2.58. The number of rotatable bonds is 4. The second-order valence-corrected chi connectivity index (χ2v) is 5.94. The molecule has 1 aliphatic rings. The first-order valence-electron chi connectivity index (χ1n) is 8.24. The van der Waals surface area contributed by atoms with E-state index in [-0.39, 0.29) is 17.1 Å². The Labute approximate surface area is 139 Å². The molecule has 2 heterocycles. The lowest BCUT2D eigenvalue weighted by Gasteiger charge is -2.28. The molecule has 0 bridgehead atoms. The molecule has 1 saturated carbocycles. The molecule has 3 rings (SSSR count). The van der Waals surface area contributed by atoms with Crippen LogP contribution in [-0.2, 0) is 0 Å². The summed E-state index contributed by atoms with van der Waals surface area (Å²) in [5.41, 5.74) is 0.241. The quantitative estimate of drug-likeness (QED) is 0.784. The third-order valence-electron chi connectivity index (χ3n) is 4.28.